The summed E-state index contributed by atoms with van der Waals surface area (Å²) in [5, 5.41) is 23.5. The van der Waals surface area contributed by atoms with Gasteiger partial charge in [-0.05, 0) is 31.6 Å². The molecule has 4 N–H and O–H groups in total. The number of urea groups is 1. The number of aliphatic carboxylic acids is 1. The van der Waals surface area contributed by atoms with Crippen molar-refractivity contribution in [3.63, 3.8) is 0 Å². The van der Waals surface area contributed by atoms with Gasteiger partial charge in [0.15, 0.2) is 5.60 Å². The highest BCUT2D eigenvalue weighted by Crippen LogP contribution is 2.33. The molecule has 1 aliphatic carbocycles. The highest BCUT2D eigenvalue weighted by atomic mass is 16.4. The fourth-order valence-corrected chi connectivity index (χ4v) is 2.57. The molecule has 1 aliphatic rings. The third-order valence-corrected chi connectivity index (χ3v) is 4.12. The average Bonchev–Trinajstić information content (AvgIpc) is 2.68. The van der Waals surface area contributed by atoms with Crippen molar-refractivity contribution in [2.45, 2.75) is 51.7 Å². The molecule has 0 bridgehead atoms. The molecular formula is C13H24N2O4. The molecule has 19 heavy (non-hydrogen) atoms. The monoisotopic (exact) mass is 272 g/mol. The van der Waals surface area contributed by atoms with Gasteiger partial charge in [0.1, 0.15) is 0 Å². The molecule has 4 atom stereocenters. The third kappa shape index (κ3) is 4.09. The van der Waals surface area contributed by atoms with Gasteiger partial charge in [0.2, 0.25) is 0 Å². The largest absolute Gasteiger partial charge is 0.479 e. The van der Waals surface area contributed by atoms with Gasteiger partial charge in [-0.15, -0.1) is 0 Å². The Labute approximate surface area is 113 Å². The number of nitrogens with one attached hydrogen (secondary N) is 2. The Hall–Kier alpha value is -1.30. The molecule has 2 amide bonds. The highest BCUT2D eigenvalue weighted by Gasteiger charge is 2.34. The van der Waals surface area contributed by atoms with Crippen molar-refractivity contribution in [2.24, 2.45) is 11.8 Å². The maximum atomic E-state index is 11.7. The molecule has 1 rings (SSSR count). The molecule has 6 heteroatoms. The highest BCUT2D eigenvalue weighted by molar-refractivity contribution is 5.79. The van der Waals surface area contributed by atoms with E-state index in [9.17, 15) is 14.7 Å². The summed E-state index contributed by atoms with van der Waals surface area (Å²) in [4.78, 5) is 22.4. The molecule has 1 saturated carbocycles. The second-order valence-corrected chi connectivity index (χ2v) is 5.62. The predicted octanol–water partition coefficient (Wildman–Crippen LogP) is 0.946. The molecule has 0 aliphatic heterocycles. The van der Waals surface area contributed by atoms with E-state index in [0.717, 1.165) is 26.2 Å². The Bertz CT molecular complexity index is 344. The van der Waals surface area contributed by atoms with Crippen molar-refractivity contribution >= 4 is 12.0 Å². The van der Waals surface area contributed by atoms with Crippen LogP contribution in [0, 0.1) is 11.8 Å². The number of carboxylic acids is 1. The number of hydrogen-bond acceptors (Lipinski definition) is 3. The van der Waals surface area contributed by atoms with Crippen LogP contribution in [-0.4, -0.2) is 40.4 Å². The minimum absolute atomic E-state index is 0.125. The lowest BCUT2D eigenvalue weighted by atomic mass is 9.93. The Morgan fingerprint density at radius 3 is 2.47 bits per heavy atom. The van der Waals surface area contributed by atoms with Crippen molar-refractivity contribution in [2.75, 3.05) is 6.54 Å². The summed E-state index contributed by atoms with van der Waals surface area (Å²) in [6.45, 7) is 5.11. The molecule has 0 heterocycles. The van der Waals surface area contributed by atoms with E-state index in [1.54, 1.807) is 0 Å². The number of rotatable bonds is 5. The number of carboxylic acid groups (broad SMARTS) is 1. The zero-order chi connectivity index (χ0) is 14.6. The van der Waals surface area contributed by atoms with Gasteiger partial charge in [0, 0.05) is 6.04 Å². The topological polar surface area (TPSA) is 98.7 Å². The van der Waals surface area contributed by atoms with Crippen molar-refractivity contribution in [3.8, 4) is 0 Å². The Balaban J connectivity index is 2.38. The molecule has 1 fully saturated rings. The quantitative estimate of drug-likeness (QED) is 0.598. The van der Waals surface area contributed by atoms with Gasteiger partial charge in [-0.2, -0.15) is 0 Å². The van der Waals surface area contributed by atoms with Crippen LogP contribution in [0.25, 0.3) is 0 Å². The van der Waals surface area contributed by atoms with Gasteiger partial charge in [0.05, 0.1) is 6.54 Å². The van der Waals surface area contributed by atoms with Gasteiger partial charge >= 0.3 is 12.0 Å². The van der Waals surface area contributed by atoms with Crippen LogP contribution in [0.5, 0.6) is 0 Å². The van der Waals surface area contributed by atoms with Crippen LogP contribution in [-0.2, 0) is 4.79 Å². The average molecular weight is 272 g/mol. The molecule has 4 unspecified atom stereocenters. The minimum Gasteiger partial charge on any atom is -0.479 e. The summed E-state index contributed by atoms with van der Waals surface area (Å²) in [5.74, 6) is -0.295. The Kier molecular flexibility index (Phi) is 5.17. The minimum atomic E-state index is -1.94. The van der Waals surface area contributed by atoms with Crippen LogP contribution >= 0.6 is 0 Å². The van der Waals surface area contributed by atoms with E-state index < -0.39 is 17.6 Å². The second-order valence-electron chi connectivity index (χ2n) is 5.62. The summed E-state index contributed by atoms with van der Waals surface area (Å²) < 4.78 is 0. The van der Waals surface area contributed by atoms with Crippen LogP contribution in [0.1, 0.15) is 40.0 Å². The van der Waals surface area contributed by atoms with Crippen molar-refractivity contribution in [3.05, 3.63) is 0 Å². The van der Waals surface area contributed by atoms with E-state index in [1.807, 2.05) is 0 Å². The van der Waals surface area contributed by atoms with E-state index in [0.29, 0.717) is 11.8 Å². The molecule has 0 aromatic carbocycles. The summed E-state index contributed by atoms with van der Waals surface area (Å²) in [6.07, 6.45) is 3.16. The molecule has 0 aromatic rings. The van der Waals surface area contributed by atoms with Crippen molar-refractivity contribution < 1.29 is 19.8 Å². The fourth-order valence-electron chi connectivity index (χ4n) is 2.57. The van der Waals surface area contributed by atoms with Crippen LogP contribution in [0.2, 0.25) is 0 Å². The first-order chi connectivity index (χ1) is 8.77. The molecular weight excluding hydrogens is 248 g/mol. The van der Waals surface area contributed by atoms with Gasteiger partial charge in [-0.25, -0.2) is 9.59 Å². The Morgan fingerprint density at radius 2 is 2.00 bits per heavy atom. The lowest BCUT2D eigenvalue weighted by Gasteiger charge is -2.23. The van der Waals surface area contributed by atoms with Crippen LogP contribution in [0.3, 0.4) is 0 Å². The number of amides is 2. The van der Waals surface area contributed by atoms with E-state index >= 15 is 0 Å². The first-order valence-electron chi connectivity index (χ1n) is 6.78. The smallest absolute Gasteiger partial charge is 0.337 e. The van der Waals surface area contributed by atoms with Gasteiger partial charge in [-0.1, -0.05) is 20.3 Å². The van der Waals surface area contributed by atoms with Crippen LogP contribution < -0.4 is 10.6 Å². The first-order valence-corrected chi connectivity index (χ1v) is 6.78. The maximum Gasteiger partial charge on any atom is 0.337 e. The molecule has 6 nitrogen and oxygen atoms in total. The first kappa shape index (κ1) is 15.8. The van der Waals surface area contributed by atoms with E-state index in [1.165, 1.54) is 0 Å². The number of hydrogen-bond donors (Lipinski definition) is 4. The van der Waals surface area contributed by atoms with Crippen molar-refractivity contribution in [1.82, 2.24) is 10.6 Å². The molecule has 110 valence electrons. The number of aliphatic hydroxyl groups is 1. The zero-order valence-corrected chi connectivity index (χ0v) is 11.8. The lowest BCUT2D eigenvalue weighted by Crippen LogP contribution is -2.51. The molecule has 0 aromatic heterocycles. The summed E-state index contributed by atoms with van der Waals surface area (Å²) in [6, 6.07) is -0.296. The molecule has 0 radical (unpaired) electrons. The van der Waals surface area contributed by atoms with Crippen molar-refractivity contribution in [1.29, 1.82) is 0 Å². The van der Waals surface area contributed by atoms with E-state index in [-0.39, 0.29) is 12.6 Å². The molecule has 0 spiro atoms. The van der Waals surface area contributed by atoms with Gasteiger partial charge in [0.25, 0.3) is 0 Å². The Morgan fingerprint density at radius 1 is 1.37 bits per heavy atom. The molecule has 0 saturated heterocycles. The normalized spacial score (nSPS) is 29.6. The fraction of sp³-hybridized carbons (Fsp3) is 0.846. The number of carbonyl (C=O) groups excluding carboxylic acids is 1. The zero-order valence-electron chi connectivity index (χ0n) is 11.8. The third-order valence-electron chi connectivity index (χ3n) is 4.12. The predicted molar refractivity (Wildman–Crippen MR) is 70.8 cm³/mol. The summed E-state index contributed by atoms with van der Waals surface area (Å²) in [7, 11) is 0. The lowest BCUT2D eigenvalue weighted by molar-refractivity contribution is -0.155. The maximum absolute atomic E-state index is 11.7. The van der Waals surface area contributed by atoms with Crippen LogP contribution in [0.15, 0.2) is 0 Å². The standard InChI is InChI=1S/C13H24N2O4/c1-4-9-5-6-10(8(9)2)15-12(18)14-7-13(3,19)11(16)17/h8-10,19H,4-7H2,1-3H3,(H,16,17)(H2,14,15,18). The SMILES string of the molecule is CCC1CCC(NC(=O)NCC(C)(O)C(=O)O)C1C. The number of carbonyl (C=O) groups is 2. The van der Waals surface area contributed by atoms with E-state index in [4.69, 9.17) is 5.11 Å². The summed E-state index contributed by atoms with van der Waals surface area (Å²) >= 11 is 0. The summed E-state index contributed by atoms with van der Waals surface area (Å²) in [5.41, 5.74) is -1.94. The van der Waals surface area contributed by atoms with Gasteiger partial charge in [-0.3, -0.25) is 0 Å². The van der Waals surface area contributed by atoms with Gasteiger partial charge < -0.3 is 20.8 Å². The van der Waals surface area contributed by atoms with E-state index in [2.05, 4.69) is 24.5 Å². The van der Waals surface area contributed by atoms with Crippen LogP contribution in [0.4, 0.5) is 4.79 Å². The second kappa shape index (κ2) is 6.23.